The maximum absolute atomic E-state index is 12.1. The molecule has 0 spiro atoms. The number of nitrogens with zero attached hydrogens (tertiary/aromatic N) is 1. The Bertz CT molecular complexity index is 504. The van der Waals surface area contributed by atoms with Crippen LogP contribution in [0.1, 0.15) is 18.1 Å². The number of nitrogens with one attached hydrogen (secondary N) is 2. The van der Waals surface area contributed by atoms with Crippen molar-refractivity contribution in [3.05, 3.63) is 29.3 Å². The minimum absolute atomic E-state index is 0.0232. The highest BCUT2D eigenvalue weighted by Crippen LogP contribution is 2.25. The smallest absolute Gasteiger partial charge is 0.317 e. The molecule has 0 bridgehead atoms. The number of hydrogen-bond acceptors (Lipinski definition) is 3. The van der Waals surface area contributed by atoms with Gasteiger partial charge in [0, 0.05) is 38.6 Å². The molecule has 2 heterocycles. The Kier molecular flexibility index (Phi) is 3.78. The quantitative estimate of drug-likeness (QED) is 0.850. The van der Waals surface area contributed by atoms with Crippen LogP contribution in [0.4, 0.5) is 4.79 Å². The van der Waals surface area contributed by atoms with E-state index in [2.05, 4.69) is 23.6 Å². The topological polar surface area (TPSA) is 53.6 Å². The minimum atomic E-state index is 0.0232. The Morgan fingerprint density at radius 1 is 1.55 bits per heavy atom. The van der Waals surface area contributed by atoms with E-state index in [4.69, 9.17) is 4.74 Å². The van der Waals surface area contributed by atoms with Crippen molar-refractivity contribution in [3.63, 3.8) is 0 Å². The standard InChI is InChI=1S/C15H21N3O2/c1-11-10-18(6-5-16-11)15(19)17-9-12-2-3-14-13(8-12)4-7-20-14/h2-3,8,11,16H,4-7,9-10H2,1H3,(H,17,19). The summed E-state index contributed by atoms with van der Waals surface area (Å²) in [6.45, 7) is 5.84. The van der Waals surface area contributed by atoms with Crippen molar-refractivity contribution >= 4 is 6.03 Å². The molecule has 2 amide bonds. The first-order chi connectivity index (χ1) is 9.72. The molecule has 1 fully saturated rings. The normalized spacial score (nSPS) is 21.2. The van der Waals surface area contributed by atoms with Crippen LogP contribution in [-0.2, 0) is 13.0 Å². The van der Waals surface area contributed by atoms with E-state index in [1.165, 1.54) is 5.56 Å². The van der Waals surface area contributed by atoms with Gasteiger partial charge in [0.2, 0.25) is 0 Å². The van der Waals surface area contributed by atoms with Gasteiger partial charge in [0.25, 0.3) is 0 Å². The molecule has 20 heavy (non-hydrogen) atoms. The molecular weight excluding hydrogens is 254 g/mol. The van der Waals surface area contributed by atoms with Gasteiger partial charge in [-0.1, -0.05) is 12.1 Å². The van der Waals surface area contributed by atoms with Gasteiger partial charge < -0.3 is 20.3 Å². The first-order valence-corrected chi connectivity index (χ1v) is 7.23. The van der Waals surface area contributed by atoms with E-state index in [0.29, 0.717) is 12.6 Å². The fourth-order valence-electron chi connectivity index (χ4n) is 2.76. The lowest BCUT2D eigenvalue weighted by molar-refractivity contribution is 0.179. The Morgan fingerprint density at radius 2 is 2.45 bits per heavy atom. The van der Waals surface area contributed by atoms with Gasteiger partial charge in [0.15, 0.2) is 0 Å². The van der Waals surface area contributed by atoms with Crippen molar-refractivity contribution in [2.45, 2.75) is 25.9 Å². The fraction of sp³-hybridized carbons (Fsp3) is 0.533. The molecule has 5 nitrogen and oxygen atoms in total. The summed E-state index contributed by atoms with van der Waals surface area (Å²) in [6.07, 6.45) is 0.965. The number of piperazine rings is 1. The third-order valence-electron chi connectivity index (χ3n) is 3.85. The molecule has 1 saturated heterocycles. The minimum Gasteiger partial charge on any atom is -0.493 e. The molecule has 2 N–H and O–H groups in total. The van der Waals surface area contributed by atoms with Crippen LogP contribution in [0.3, 0.4) is 0 Å². The number of carbonyl (C=O) groups is 1. The third kappa shape index (κ3) is 2.88. The van der Waals surface area contributed by atoms with Gasteiger partial charge in [-0.05, 0) is 24.1 Å². The molecule has 2 aliphatic rings. The Morgan fingerprint density at radius 3 is 3.30 bits per heavy atom. The van der Waals surface area contributed by atoms with Crippen LogP contribution >= 0.6 is 0 Å². The van der Waals surface area contributed by atoms with Crippen molar-refractivity contribution in [1.29, 1.82) is 0 Å². The van der Waals surface area contributed by atoms with E-state index in [0.717, 1.165) is 44.0 Å². The molecule has 0 aromatic heterocycles. The summed E-state index contributed by atoms with van der Waals surface area (Å²) < 4.78 is 5.48. The second kappa shape index (κ2) is 5.71. The highest BCUT2D eigenvalue weighted by molar-refractivity contribution is 5.74. The molecule has 3 rings (SSSR count). The van der Waals surface area contributed by atoms with Crippen LogP contribution in [0.25, 0.3) is 0 Å². The van der Waals surface area contributed by atoms with Crippen molar-refractivity contribution < 1.29 is 9.53 Å². The van der Waals surface area contributed by atoms with Crippen LogP contribution in [0.2, 0.25) is 0 Å². The largest absolute Gasteiger partial charge is 0.493 e. The first kappa shape index (κ1) is 13.2. The number of urea groups is 1. The number of benzene rings is 1. The highest BCUT2D eigenvalue weighted by atomic mass is 16.5. The Hall–Kier alpha value is -1.75. The lowest BCUT2D eigenvalue weighted by atomic mass is 10.1. The third-order valence-corrected chi connectivity index (χ3v) is 3.85. The van der Waals surface area contributed by atoms with Crippen molar-refractivity contribution in [1.82, 2.24) is 15.5 Å². The molecule has 0 saturated carbocycles. The maximum Gasteiger partial charge on any atom is 0.317 e. The lowest BCUT2D eigenvalue weighted by Crippen LogP contribution is -2.53. The lowest BCUT2D eigenvalue weighted by Gasteiger charge is -2.31. The average Bonchev–Trinajstić information content (AvgIpc) is 2.92. The van der Waals surface area contributed by atoms with E-state index in [-0.39, 0.29) is 6.03 Å². The van der Waals surface area contributed by atoms with Gasteiger partial charge in [0.05, 0.1) is 6.61 Å². The summed E-state index contributed by atoms with van der Waals surface area (Å²) in [5.41, 5.74) is 2.37. The van der Waals surface area contributed by atoms with E-state index < -0.39 is 0 Å². The van der Waals surface area contributed by atoms with E-state index >= 15 is 0 Å². The fourth-order valence-corrected chi connectivity index (χ4v) is 2.76. The summed E-state index contributed by atoms with van der Waals surface area (Å²) in [7, 11) is 0. The van der Waals surface area contributed by atoms with E-state index in [1.807, 2.05) is 17.0 Å². The molecule has 1 aromatic carbocycles. The van der Waals surface area contributed by atoms with Gasteiger partial charge in [0.1, 0.15) is 5.75 Å². The summed E-state index contributed by atoms with van der Waals surface area (Å²) in [6, 6.07) is 6.53. The molecule has 0 radical (unpaired) electrons. The van der Waals surface area contributed by atoms with Crippen LogP contribution in [0.15, 0.2) is 18.2 Å². The monoisotopic (exact) mass is 275 g/mol. The second-order valence-electron chi connectivity index (χ2n) is 5.50. The summed E-state index contributed by atoms with van der Waals surface area (Å²) in [5.74, 6) is 0.982. The molecule has 108 valence electrons. The zero-order chi connectivity index (χ0) is 13.9. The van der Waals surface area contributed by atoms with Crippen LogP contribution in [0.5, 0.6) is 5.75 Å². The van der Waals surface area contributed by atoms with Gasteiger partial charge >= 0.3 is 6.03 Å². The predicted molar refractivity (Wildman–Crippen MR) is 76.9 cm³/mol. The number of carbonyl (C=O) groups excluding carboxylic acids is 1. The molecule has 0 aliphatic carbocycles. The van der Waals surface area contributed by atoms with Gasteiger partial charge in [-0.25, -0.2) is 4.79 Å². The van der Waals surface area contributed by atoms with E-state index in [9.17, 15) is 4.79 Å². The number of amides is 2. The van der Waals surface area contributed by atoms with Gasteiger partial charge in [-0.2, -0.15) is 0 Å². The summed E-state index contributed by atoms with van der Waals surface area (Å²) in [5, 5.41) is 6.33. The molecule has 1 atom stereocenters. The molecule has 1 unspecified atom stereocenters. The zero-order valence-electron chi connectivity index (χ0n) is 11.8. The molecule has 5 heteroatoms. The van der Waals surface area contributed by atoms with Crippen LogP contribution in [0, 0.1) is 0 Å². The Balaban J connectivity index is 1.55. The maximum atomic E-state index is 12.1. The van der Waals surface area contributed by atoms with Crippen molar-refractivity contribution in [2.75, 3.05) is 26.2 Å². The average molecular weight is 275 g/mol. The zero-order valence-corrected chi connectivity index (χ0v) is 11.8. The summed E-state index contributed by atoms with van der Waals surface area (Å²) in [4.78, 5) is 14.0. The number of fused-ring (bicyclic) bond motifs is 1. The van der Waals surface area contributed by atoms with E-state index in [1.54, 1.807) is 0 Å². The first-order valence-electron chi connectivity index (χ1n) is 7.23. The number of hydrogen-bond donors (Lipinski definition) is 2. The van der Waals surface area contributed by atoms with Gasteiger partial charge in [-0.15, -0.1) is 0 Å². The van der Waals surface area contributed by atoms with Crippen molar-refractivity contribution in [3.8, 4) is 5.75 Å². The Labute approximate surface area is 119 Å². The highest BCUT2D eigenvalue weighted by Gasteiger charge is 2.20. The van der Waals surface area contributed by atoms with Gasteiger partial charge in [-0.3, -0.25) is 0 Å². The number of ether oxygens (including phenoxy) is 1. The SMILES string of the molecule is CC1CN(C(=O)NCc2ccc3c(c2)CCO3)CCN1. The molecule has 1 aromatic rings. The number of rotatable bonds is 2. The van der Waals surface area contributed by atoms with Crippen molar-refractivity contribution in [2.24, 2.45) is 0 Å². The summed E-state index contributed by atoms with van der Waals surface area (Å²) >= 11 is 0. The van der Waals surface area contributed by atoms with Crippen LogP contribution in [-0.4, -0.2) is 43.2 Å². The van der Waals surface area contributed by atoms with Crippen LogP contribution < -0.4 is 15.4 Å². The molecule has 2 aliphatic heterocycles. The molecular formula is C15H21N3O2. The predicted octanol–water partition coefficient (Wildman–Crippen LogP) is 1.12. The second-order valence-corrected chi connectivity index (χ2v) is 5.50.